The summed E-state index contributed by atoms with van der Waals surface area (Å²) in [6.45, 7) is 3.66. The van der Waals surface area contributed by atoms with Crippen LogP contribution in [0, 0.1) is 19.8 Å². The molecule has 0 aromatic carbocycles. The van der Waals surface area contributed by atoms with Gasteiger partial charge in [-0.1, -0.05) is 19.3 Å². The smallest absolute Gasteiger partial charge is 0.310 e. The maximum absolute atomic E-state index is 12.4. The van der Waals surface area contributed by atoms with Gasteiger partial charge in [0.2, 0.25) is 0 Å². The van der Waals surface area contributed by atoms with Crippen molar-refractivity contribution in [3.63, 3.8) is 0 Å². The Morgan fingerprint density at radius 2 is 1.95 bits per heavy atom. The van der Waals surface area contributed by atoms with Crippen molar-refractivity contribution in [1.29, 1.82) is 0 Å². The van der Waals surface area contributed by atoms with E-state index in [0.29, 0.717) is 11.5 Å². The van der Waals surface area contributed by atoms with E-state index in [2.05, 4.69) is 5.32 Å². The molecule has 0 aliphatic heterocycles. The number of furan rings is 1. The number of hydrogen-bond donors (Lipinski definition) is 1. The van der Waals surface area contributed by atoms with E-state index >= 15 is 0 Å². The highest BCUT2D eigenvalue weighted by Gasteiger charge is 2.32. The molecule has 5 heteroatoms. The number of carbonyl (C=O) groups excluding carboxylic acids is 2. The molecule has 2 rings (SSSR count). The molecule has 1 fully saturated rings. The van der Waals surface area contributed by atoms with Crippen molar-refractivity contribution in [1.82, 2.24) is 5.32 Å². The first-order valence-electron chi connectivity index (χ1n) is 7.48. The second-order valence-electron chi connectivity index (χ2n) is 5.72. The van der Waals surface area contributed by atoms with Crippen LogP contribution >= 0.6 is 0 Å². The average Bonchev–Trinajstić information content (AvgIpc) is 2.65. The molecule has 0 radical (unpaired) electrons. The molecule has 1 amide bonds. The standard InChI is InChI=1S/C16H23NO4/c1-10-9-11(2)21-14(10)15(18)17-13-8-6-4-5-7-12(13)16(19)20-3/h9,12-13H,4-8H2,1-3H3,(H,17,18). The van der Waals surface area contributed by atoms with Crippen LogP contribution in [-0.2, 0) is 9.53 Å². The molecular formula is C16H23NO4. The van der Waals surface area contributed by atoms with Crippen LogP contribution in [0.4, 0.5) is 0 Å². The molecule has 5 nitrogen and oxygen atoms in total. The number of esters is 1. The topological polar surface area (TPSA) is 68.5 Å². The number of hydrogen-bond acceptors (Lipinski definition) is 4. The van der Waals surface area contributed by atoms with Crippen LogP contribution in [0.25, 0.3) is 0 Å². The molecule has 2 atom stereocenters. The number of amides is 1. The zero-order valence-corrected chi connectivity index (χ0v) is 12.9. The molecule has 21 heavy (non-hydrogen) atoms. The second-order valence-corrected chi connectivity index (χ2v) is 5.72. The zero-order valence-electron chi connectivity index (χ0n) is 12.9. The second kappa shape index (κ2) is 6.78. The first-order chi connectivity index (χ1) is 10.0. The van der Waals surface area contributed by atoms with Crippen molar-refractivity contribution < 1.29 is 18.7 Å². The van der Waals surface area contributed by atoms with Crippen molar-refractivity contribution in [2.24, 2.45) is 5.92 Å². The summed E-state index contributed by atoms with van der Waals surface area (Å²) in [7, 11) is 1.39. The first-order valence-corrected chi connectivity index (χ1v) is 7.48. The lowest BCUT2D eigenvalue weighted by atomic mass is 9.94. The van der Waals surface area contributed by atoms with Gasteiger partial charge >= 0.3 is 5.97 Å². The van der Waals surface area contributed by atoms with Gasteiger partial charge in [-0.05, 0) is 32.8 Å². The molecule has 1 saturated carbocycles. The fourth-order valence-electron chi connectivity index (χ4n) is 3.01. The number of carbonyl (C=O) groups is 2. The van der Waals surface area contributed by atoms with Crippen LogP contribution in [0.15, 0.2) is 10.5 Å². The lowest BCUT2D eigenvalue weighted by Crippen LogP contribution is -2.43. The Morgan fingerprint density at radius 1 is 1.24 bits per heavy atom. The number of methoxy groups -OCH3 is 1. The Bertz CT molecular complexity index is 520. The lowest BCUT2D eigenvalue weighted by molar-refractivity contribution is -0.146. The summed E-state index contributed by atoms with van der Waals surface area (Å²) >= 11 is 0. The highest BCUT2D eigenvalue weighted by Crippen LogP contribution is 2.25. The summed E-state index contributed by atoms with van der Waals surface area (Å²) in [6.07, 6.45) is 4.64. The summed E-state index contributed by atoms with van der Waals surface area (Å²) in [6, 6.07) is 1.65. The third-order valence-corrected chi connectivity index (χ3v) is 4.08. The van der Waals surface area contributed by atoms with Crippen molar-refractivity contribution in [2.75, 3.05) is 7.11 Å². The van der Waals surface area contributed by atoms with Gasteiger partial charge in [-0.3, -0.25) is 9.59 Å². The van der Waals surface area contributed by atoms with Crippen LogP contribution in [0.2, 0.25) is 0 Å². The predicted molar refractivity (Wildman–Crippen MR) is 78.0 cm³/mol. The third-order valence-electron chi connectivity index (χ3n) is 4.08. The Labute approximate surface area is 125 Å². The van der Waals surface area contributed by atoms with E-state index in [1.165, 1.54) is 7.11 Å². The molecule has 0 spiro atoms. The Morgan fingerprint density at radius 3 is 2.57 bits per heavy atom. The van der Waals surface area contributed by atoms with Gasteiger partial charge in [0.1, 0.15) is 5.76 Å². The van der Waals surface area contributed by atoms with Crippen LogP contribution in [0.5, 0.6) is 0 Å². The van der Waals surface area contributed by atoms with Gasteiger partial charge in [0.15, 0.2) is 5.76 Å². The molecule has 2 unspecified atom stereocenters. The Kier molecular flexibility index (Phi) is 5.04. The highest BCUT2D eigenvalue weighted by molar-refractivity contribution is 5.93. The van der Waals surface area contributed by atoms with E-state index in [1.807, 2.05) is 19.9 Å². The monoisotopic (exact) mass is 293 g/mol. The molecule has 1 aliphatic rings. The fourth-order valence-corrected chi connectivity index (χ4v) is 3.01. The normalized spacial score (nSPS) is 22.4. The van der Waals surface area contributed by atoms with Gasteiger partial charge in [-0.2, -0.15) is 0 Å². The van der Waals surface area contributed by atoms with E-state index in [0.717, 1.165) is 37.7 Å². The van der Waals surface area contributed by atoms with Gasteiger partial charge in [-0.25, -0.2) is 0 Å². The number of ether oxygens (including phenoxy) is 1. The van der Waals surface area contributed by atoms with Gasteiger partial charge in [0.05, 0.1) is 13.0 Å². The van der Waals surface area contributed by atoms with Crippen LogP contribution < -0.4 is 5.32 Å². The number of rotatable bonds is 3. The van der Waals surface area contributed by atoms with Gasteiger partial charge in [0, 0.05) is 11.6 Å². The van der Waals surface area contributed by atoms with Crippen molar-refractivity contribution in [3.05, 3.63) is 23.2 Å². The van der Waals surface area contributed by atoms with Gasteiger partial charge in [-0.15, -0.1) is 0 Å². The quantitative estimate of drug-likeness (QED) is 0.687. The zero-order chi connectivity index (χ0) is 15.4. The summed E-state index contributed by atoms with van der Waals surface area (Å²) in [4.78, 5) is 24.3. The highest BCUT2D eigenvalue weighted by atomic mass is 16.5. The minimum atomic E-state index is -0.266. The molecule has 1 aliphatic carbocycles. The maximum Gasteiger partial charge on any atom is 0.310 e. The maximum atomic E-state index is 12.4. The average molecular weight is 293 g/mol. The number of aryl methyl sites for hydroxylation is 2. The van der Waals surface area contributed by atoms with E-state index in [4.69, 9.17) is 9.15 Å². The molecule has 0 saturated heterocycles. The van der Waals surface area contributed by atoms with E-state index in [9.17, 15) is 9.59 Å². The Hall–Kier alpha value is -1.78. The molecule has 1 aromatic heterocycles. The molecule has 116 valence electrons. The molecular weight excluding hydrogens is 270 g/mol. The SMILES string of the molecule is COC(=O)C1CCCCCC1NC(=O)c1oc(C)cc1C. The first kappa shape index (κ1) is 15.6. The van der Waals surface area contributed by atoms with E-state index < -0.39 is 0 Å². The summed E-state index contributed by atoms with van der Waals surface area (Å²) < 4.78 is 10.3. The molecule has 1 N–H and O–H groups in total. The van der Waals surface area contributed by atoms with E-state index in [1.54, 1.807) is 0 Å². The predicted octanol–water partition coefficient (Wildman–Crippen LogP) is 2.75. The van der Waals surface area contributed by atoms with Gasteiger partial charge in [0.25, 0.3) is 5.91 Å². The van der Waals surface area contributed by atoms with Crippen molar-refractivity contribution in [2.45, 2.75) is 52.0 Å². The fraction of sp³-hybridized carbons (Fsp3) is 0.625. The third kappa shape index (κ3) is 3.65. The molecule has 1 aromatic rings. The van der Waals surface area contributed by atoms with Crippen LogP contribution in [0.1, 0.15) is 54.0 Å². The van der Waals surface area contributed by atoms with Crippen molar-refractivity contribution in [3.8, 4) is 0 Å². The summed E-state index contributed by atoms with van der Waals surface area (Å²) in [5, 5.41) is 2.96. The van der Waals surface area contributed by atoms with Crippen LogP contribution in [-0.4, -0.2) is 25.0 Å². The summed E-state index contributed by atoms with van der Waals surface area (Å²) in [5.41, 5.74) is 0.813. The summed E-state index contributed by atoms with van der Waals surface area (Å²) in [5.74, 6) is 0.289. The molecule has 0 bridgehead atoms. The van der Waals surface area contributed by atoms with Gasteiger partial charge < -0.3 is 14.5 Å². The minimum Gasteiger partial charge on any atom is -0.469 e. The minimum absolute atomic E-state index is 0.183. The largest absolute Gasteiger partial charge is 0.469 e. The van der Waals surface area contributed by atoms with Crippen molar-refractivity contribution >= 4 is 11.9 Å². The molecule has 1 heterocycles. The number of nitrogens with one attached hydrogen (secondary N) is 1. The lowest BCUT2D eigenvalue weighted by Gasteiger charge is -2.23. The van der Waals surface area contributed by atoms with E-state index in [-0.39, 0.29) is 23.8 Å². The Balaban J connectivity index is 2.12. The van der Waals surface area contributed by atoms with Crippen LogP contribution in [0.3, 0.4) is 0 Å².